The Bertz CT molecular complexity index is 892. The summed E-state index contributed by atoms with van der Waals surface area (Å²) in [5.41, 5.74) is 4.53. The van der Waals surface area contributed by atoms with Gasteiger partial charge >= 0.3 is 0 Å². The van der Waals surface area contributed by atoms with Crippen LogP contribution in [0.1, 0.15) is 24.0 Å². The summed E-state index contributed by atoms with van der Waals surface area (Å²) < 4.78 is 1.74. The van der Waals surface area contributed by atoms with E-state index >= 15 is 0 Å². The van der Waals surface area contributed by atoms with Gasteiger partial charge in [0.25, 0.3) is 5.56 Å². The van der Waals surface area contributed by atoms with Crippen LogP contribution in [0.15, 0.2) is 21.6 Å². The molecule has 3 aromatic rings. The zero-order valence-corrected chi connectivity index (χ0v) is 13.4. The Hall–Kier alpha value is -2.01. The van der Waals surface area contributed by atoms with Gasteiger partial charge in [0.2, 0.25) is 0 Å². The van der Waals surface area contributed by atoms with Crippen molar-refractivity contribution in [3.63, 3.8) is 0 Å². The van der Waals surface area contributed by atoms with Crippen molar-refractivity contribution in [3.8, 4) is 11.1 Å². The molecule has 0 radical (unpaired) electrons. The number of nitrogens with zero attached hydrogens (tertiary/aromatic N) is 3. The lowest BCUT2D eigenvalue weighted by atomic mass is 10.0. The average molecular weight is 299 g/mol. The molecule has 4 nitrogen and oxygen atoms in total. The molecule has 3 rings (SSSR count). The van der Waals surface area contributed by atoms with Crippen LogP contribution in [0.25, 0.3) is 22.2 Å². The Labute approximate surface area is 127 Å². The molecule has 0 spiro atoms. The molecule has 0 saturated carbocycles. The van der Waals surface area contributed by atoms with Gasteiger partial charge in [0.1, 0.15) is 11.5 Å². The molecular formula is C16H17N3OS. The highest BCUT2D eigenvalue weighted by molar-refractivity contribution is 7.08. The topological polar surface area (TPSA) is 47.8 Å². The lowest BCUT2D eigenvalue weighted by Gasteiger charge is -2.12. The van der Waals surface area contributed by atoms with Gasteiger partial charge in [-0.25, -0.2) is 9.97 Å². The predicted molar refractivity (Wildman–Crippen MR) is 87.0 cm³/mol. The van der Waals surface area contributed by atoms with Crippen molar-refractivity contribution in [2.75, 3.05) is 0 Å². The van der Waals surface area contributed by atoms with Gasteiger partial charge in [-0.15, -0.1) is 0 Å². The molecule has 0 atom stereocenters. The summed E-state index contributed by atoms with van der Waals surface area (Å²) in [6, 6.07) is 1.94. The van der Waals surface area contributed by atoms with Crippen molar-refractivity contribution in [2.24, 2.45) is 0 Å². The fraction of sp³-hybridized carbons (Fsp3) is 0.312. The van der Waals surface area contributed by atoms with Gasteiger partial charge in [-0.1, -0.05) is 0 Å². The van der Waals surface area contributed by atoms with E-state index in [1.807, 2.05) is 39.1 Å². The predicted octanol–water partition coefficient (Wildman–Crippen LogP) is 3.47. The second kappa shape index (κ2) is 5.07. The number of hydrogen-bond donors (Lipinski definition) is 0. The maximum Gasteiger partial charge on any atom is 0.260 e. The molecule has 108 valence electrons. The molecule has 3 heterocycles. The van der Waals surface area contributed by atoms with Gasteiger partial charge in [-0.3, -0.25) is 9.36 Å². The lowest BCUT2D eigenvalue weighted by Crippen LogP contribution is -2.22. The SMILES string of the molecule is CCn1c(=O)c(-c2cscc2C)cc2c(C)nc(C)nc21. The first-order valence-corrected chi connectivity index (χ1v) is 7.89. The standard InChI is InChI=1S/C16H17N3OS/c1-5-19-15-12(10(3)17-11(4)18-15)6-13(16(19)20)14-8-21-7-9(14)2/h6-8H,5H2,1-4H3. The van der Waals surface area contributed by atoms with Crippen molar-refractivity contribution in [3.05, 3.63) is 44.3 Å². The van der Waals surface area contributed by atoms with Gasteiger partial charge < -0.3 is 0 Å². The summed E-state index contributed by atoms with van der Waals surface area (Å²) in [4.78, 5) is 21.7. The third-order valence-electron chi connectivity index (χ3n) is 3.71. The molecule has 0 amide bonds. The maximum atomic E-state index is 12.8. The summed E-state index contributed by atoms with van der Waals surface area (Å²) in [6.07, 6.45) is 0. The third kappa shape index (κ3) is 2.17. The molecule has 0 bridgehead atoms. The van der Waals surface area contributed by atoms with Crippen LogP contribution in [0.3, 0.4) is 0 Å². The summed E-state index contributed by atoms with van der Waals surface area (Å²) in [5, 5.41) is 5.04. The molecule has 21 heavy (non-hydrogen) atoms. The molecule has 0 unspecified atom stereocenters. The fourth-order valence-electron chi connectivity index (χ4n) is 2.65. The van der Waals surface area contributed by atoms with Crippen molar-refractivity contribution in [2.45, 2.75) is 34.2 Å². The Morgan fingerprint density at radius 3 is 2.52 bits per heavy atom. The van der Waals surface area contributed by atoms with Gasteiger partial charge in [-0.05, 0) is 50.1 Å². The first-order valence-electron chi connectivity index (χ1n) is 6.95. The number of pyridine rings is 1. The normalized spacial score (nSPS) is 11.2. The van der Waals surface area contributed by atoms with Crippen LogP contribution >= 0.6 is 11.3 Å². The van der Waals surface area contributed by atoms with Gasteiger partial charge in [0.05, 0.1) is 5.69 Å². The number of fused-ring (bicyclic) bond motifs is 1. The molecule has 0 saturated heterocycles. The second-order valence-electron chi connectivity index (χ2n) is 5.17. The van der Waals surface area contributed by atoms with E-state index in [2.05, 4.69) is 15.3 Å². The molecule has 0 fully saturated rings. The van der Waals surface area contributed by atoms with Gasteiger partial charge in [0, 0.05) is 23.1 Å². The summed E-state index contributed by atoms with van der Waals surface area (Å²) >= 11 is 1.62. The van der Waals surface area contributed by atoms with E-state index < -0.39 is 0 Å². The molecule has 5 heteroatoms. The summed E-state index contributed by atoms with van der Waals surface area (Å²) in [6.45, 7) is 8.42. The van der Waals surface area contributed by atoms with E-state index in [9.17, 15) is 4.79 Å². The molecule has 0 N–H and O–H groups in total. The van der Waals surface area contributed by atoms with E-state index in [1.54, 1.807) is 15.9 Å². The number of aryl methyl sites for hydroxylation is 4. The van der Waals surface area contributed by atoms with Gasteiger partial charge in [-0.2, -0.15) is 11.3 Å². The molecule has 3 aromatic heterocycles. The number of aromatic nitrogens is 3. The maximum absolute atomic E-state index is 12.8. The van der Waals surface area contributed by atoms with Crippen molar-refractivity contribution < 1.29 is 0 Å². The Morgan fingerprint density at radius 1 is 1.14 bits per heavy atom. The number of rotatable bonds is 2. The van der Waals surface area contributed by atoms with Crippen LogP contribution in [0.2, 0.25) is 0 Å². The summed E-state index contributed by atoms with van der Waals surface area (Å²) in [7, 11) is 0. The van der Waals surface area contributed by atoms with Crippen LogP contribution in [-0.2, 0) is 6.54 Å². The zero-order chi connectivity index (χ0) is 15.1. The average Bonchev–Trinajstić information content (AvgIpc) is 2.84. The highest BCUT2D eigenvalue weighted by Crippen LogP contribution is 2.27. The first kappa shape index (κ1) is 13.9. The number of hydrogen-bond acceptors (Lipinski definition) is 4. The van der Waals surface area contributed by atoms with E-state index in [0.717, 1.165) is 33.4 Å². The van der Waals surface area contributed by atoms with E-state index in [4.69, 9.17) is 0 Å². The monoisotopic (exact) mass is 299 g/mol. The first-order chi connectivity index (χ1) is 10.0. The Balaban J connectivity index is 2.47. The lowest BCUT2D eigenvalue weighted by molar-refractivity contribution is 0.746. The van der Waals surface area contributed by atoms with Crippen LogP contribution in [0, 0.1) is 20.8 Å². The highest BCUT2D eigenvalue weighted by Gasteiger charge is 2.15. The van der Waals surface area contributed by atoms with Crippen LogP contribution in [-0.4, -0.2) is 14.5 Å². The van der Waals surface area contributed by atoms with Crippen LogP contribution in [0.4, 0.5) is 0 Å². The Kier molecular flexibility index (Phi) is 3.37. The minimum atomic E-state index is 0.0176. The zero-order valence-electron chi connectivity index (χ0n) is 12.6. The molecule has 0 aliphatic carbocycles. The van der Waals surface area contributed by atoms with E-state index in [0.29, 0.717) is 12.4 Å². The van der Waals surface area contributed by atoms with Crippen molar-refractivity contribution in [1.29, 1.82) is 0 Å². The smallest absolute Gasteiger partial charge is 0.260 e. The number of thiophene rings is 1. The third-order valence-corrected chi connectivity index (χ3v) is 4.57. The largest absolute Gasteiger partial charge is 0.292 e. The van der Waals surface area contributed by atoms with Crippen LogP contribution in [0.5, 0.6) is 0 Å². The quantitative estimate of drug-likeness (QED) is 0.728. The molecule has 0 aromatic carbocycles. The van der Waals surface area contributed by atoms with E-state index in [1.165, 1.54) is 0 Å². The second-order valence-corrected chi connectivity index (χ2v) is 5.91. The minimum absolute atomic E-state index is 0.0176. The Morgan fingerprint density at radius 2 is 1.90 bits per heavy atom. The summed E-state index contributed by atoms with van der Waals surface area (Å²) in [5.74, 6) is 0.695. The minimum Gasteiger partial charge on any atom is -0.292 e. The molecule has 0 aliphatic rings. The van der Waals surface area contributed by atoms with Crippen molar-refractivity contribution >= 4 is 22.4 Å². The fourth-order valence-corrected chi connectivity index (χ4v) is 3.50. The van der Waals surface area contributed by atoms with Crippen molar-refractivity contribution in [1.82, 2.24) is 14.5 Å². The molecule has 0 aliphatic heterocycles. The van der Waals surface area contributed by atoms with Crippen LogP contribution < -0.4 is 5.56 Å². The van der Waals surface area contributed by atoms with E-state index in [-0.39, 0.29) is 5.56 Å². The van der Waals surface area contributed by atoms with Gasteiger partial charge in [0.15, 0.2) is 0 Å². The highest BCUT2D eigenvalue weighted by atomic mass is 32.1. The molecular weight excluding hydrogens is 282 g/mol.